The molecular formula is C16H25N3O3. The summed E-state index contributed by atoms with van der Waals surface area (Å²) in [5.41, 5.74) is 1.64. The summed E-state index contributed by atoms with van der Waals surface area (Å²) in [7, 11) is 1.56. The van der Waals surface area contributed by atoms with Gasteiger partial charge in [0.25, 0.3) is 0 Å². The van der Waals surface area contributed by atoms with E-state index in [-0.39, 0.29) is 6.09 Å². The zero-order valence-electron chi connectivity index (χ0n) is 14.0. The molecule has 0 unspecified atom stereocenters. The highest BCUT2D eigenvalue weighted by Crippen LogP contribution is 2.30. The molecule has 122 valence electrons. The number of ether oxygens (including phenoxy) is 2. The van der Waals surface area contributed by atoms with E-state index < -0.39 is 5.60 Å². The predicted molar refractivity (Wildman–Crippen MR) is 83.1 cm³/mol. The summed E-state index contributed by atoms with van der Waals surface area (Å²) in [6.45, 7) is 9.02. The Labute approximate surface area is 131 Å². The molecule has 6 nitrogen and oxygen atoms in total. The van der Waals surface area contributed by atoms with E-state index in [1.807, 2.05) is 33.9 Å². The number of carbonyl (C=O) groups is 1. The molecule has 2 rings (SSSR count). The number of carbonyl (C=O) groups excluding carboxylic acids is 1. The first-order valence-corrected chi connectivity index (χ1v) is 7.65. The molecule has 0 bridgehead atoms. The van der Waals surface area contributed by atoms with E-state index in [1.54, 1.807) is 12.0 Å². The second kappa shape index (κ2) is 6.50. The number of amides is 1. The van der Waals surface area contributed by atoms with Gasteiger partial charge in [-0.05, 0) is 52.0 Å². The lowest BCUT2D eigenvalue weighted by molar-refractivity contribution is 0.0204. The minimum atomic E-state index is -0.450. The Hall–Kier alpha value is -1.85. The number of rotatable bonds is 2. The lowest BCUT2D eigenvalue weighted by atomic mass is 9.89. The normalized spacial score (nSPS) is 16.5. The zero-order valence-corrected chi connectivity index (χ0v) is 14.0. The molecule has 1 saturated heterocycles. The highest BCUT2D eigenvalue weighted by Gasteiger charge is 2.28. The molecule has 1 amide bonds. The highest BCUT2D eigenvalue weighted by molar-refractivity contribution is 5.68. The fourth-order valence-electron chi connectivity index (χ4n) is 2.65. The van der Waals surface area contributed by atoms with Gasteiger partial charge in [-0.2, -0.15) is 0 Å². The first-order valence-electron chi connectivity index (χ1n) is 7.65. The summed E-state index contributed by atoms with van der Waals surface area (Å²) in [5, 5.41) is 0. The molecule has 1 aromatic heterocycles. The van der Waals surface area contributed by atoms with Gasteiger partial charge in [-0.25, -0.2) is 14.8 Å². The van der Waals surface area contributed by atoms with Crippen LogP contribution in [0.4, 0.5) is 4.79 Å². The Kier molecular flexibility index (Phi) is 4.88. The molecule has 1 aliphatic heterocycles. The third-order valence-electron chi connectivity index (χ3n) is 3.76. The van der Waals surface area contributed by atoms with Gasteiger partial charge in [0, 0.05) is 25.0 Å². The quantitative estimate of drug-likeness (QED) is 0.840. The van der Waals surface area contributed by atoms with Crippen LogP contribution in [0.2, 0.25) is 0 Å². The first kappa shape index (κ1) is 16.5. The molecule has 6 heteroatoms. The van der Waals surface area contributed by atoms with Gasteiger partial charge in [0.05, 0.1) is 7.11 Å². The summed E-state index contributed by atoms with van der Waals surface area (Å²) in [6.07, 6.45) is 3.41. The topological polar surface area (TPSA) is 64.5 Å². The van der Waals surface area contributed by atoms with Gasteiger partial charge in [0.2, 0.25) is 0 Å². The average Bonchev–Trinajstić information content (AvgIpc) is 2.45. The number of nitrogens with zero attached hydrogens (tertiary/aromatic N) is 3. The van der Waals surface area contributed by atoms with Crippen molar-refractivity contribution in [3.8, 4) is 6.01 Å². The number of methoxy groups -OCH3 is 1. The van der Waals surface area contributed by atoms with Gasteiger partial charge in [0.15, 0.2) is 0 Å². The van der Waals surface area contributed by atoms with Crippen molar-refractivity contribution in [1.29, 1.82) is 0 Å². The minimum absolute atomic E-state index is 0.228. The molecular weight excluding hydrogens is 282 g/mol. The molecule has 1 aromatic rings. The second-order valence-electron chi connectivity index (χ2n) is 6.64. The summed E-state index contributed by atoms with van der Waals surface area (Å²) in [4.78, 5) is 22.4. The van der Waals surface area contributed by atoms with Crippen LogP contribution in [0, 0.1) is 6.92 Å². The number of likely N-dealkylation sites (tertiary alicyclic amines) is 1. The molecule has 0 aromatic carbocycles. The Balaban J connectivity index is 1.96. The van der Waals surface area contributed by atoms with Crippen LogP contribution in [-0.2, 0) is 4.74 Å². The van der Waals surface area contributed by atoms with Gasteiger partial charge in [0.1, 0.15) is 5.60 Å². The van der Waals surface area contributed by atoms with Crippen LogP contribution in [0.5, 0.6) is 6.01 Å². The fourth-order valence-corrected chi connectivity index (χ4v) is 2.65. The Bertz CT molecular complexity index is 532. The Morgan fingerprint density at radius 1 is 1.32 bits per heavy atom. The predicted octanol–water partition coefficient (Wildman–Crippen LogP) is 2.91. The van der Waals surface area contributed by atoms with Crippen LogP contribution < -0.4 is 4.74 Å². The van der Waals surface area contributed by atoms with Crippen molar-refractivity contribution < 1.29 is 14.3 Å². The molecule has 1 fully saturated rings. The van der Waals surface area contributed by atoms with E-state index in [0.29, 0.717) is 25.0 Å². The van der Waals surface area contributed by atoms with E-state index in [2.05, 4.69) is 9.97 Å². The van der Waals surface area contributed by atoms with Crippen molar-refractivity contribution >= 4 is 6.09 Å². The van der Waals surface area contributed by atoms with Crippen LogP contribution in [0.15, 0.2) is 6.20 Å². The highest BCUT2D eigenvalue weighted by atomic mass is 16.6. The van der Waals surface area contributed by atoms with E-state index in [0.717, 1.165) is 24.1 Å². The van der Waals surface area contributed by atoms with Gasteiger partial charge >= 0.3 is 12.1 Å². The van der Waals surface area contributed by atoms with E-state index in [4.69, 9.17) is 9.47 Å². The number of piperidine rings is 1. The summed E-state index contributed by atoms with van der Waals surface area (Å²) >= 11 is 0. The maximum absolute atomic E-state index is 12.1. The van der Waals surface area contributed by atoms with Gasteiger partial charge < -0.3 is 14.4 Å². The van der Waals surface area contributed by atoms with Gasteiger partial charge in [-0.3, -0.25) is 0 Å². The van der Waals surface area contributed by atoms with Crippen molar-refractivity contribution in [3.05, 3.63) is 17.5 Å². The largest absolute Gasteiger partial charge is 0.467 e. The molecule has 0 atom stereocenters. The summed E-state index contributed by atoms with van der Waals surface area (Å²) in [5.74, 6) is 0.379. The second-order valence-corrected chi connectivity index (χ2v) is 6.64. The van der Waals surface area contributed by atoms with Gasteiger partial charge in [-0.15, -0.1) is 0 Å². The summed E-state index contributed by atoms with van der Waals surface area (Å²) < 4.78 is 10.5. The van der Waals surface area contributed by atoms with E-state index in [9.17, 15) is 4.79 Å². The van der Waals surface area contributed by atoms with Crippen molar-refractivity contribution in [2.24, 2.45) is 0 Å². The lowest BCUT2D eigenvalue weighted by Crippen LogP contribution is -2.41. The van der Waals surface area contributed by atoms with E-state index in [1.165, 1.54) is 0 Å². The Morgan fingerprint density at radius 3 is 2.45 bits per heavy atom. The first-order chi connectivity index (χ1) is 10.3. The smallest absolute Gasteiger partial charge is 0.410 e. The molecule has 0 N–H and O–H groups in total. The monoisotopic (exact) mass is 307 g/mol. The molecule has 22 heavy (non-hydrogen) atoms. The number of aryl methyl sites for hydroxylation is 1. The molecule has 0 saturated carbocycles. The number of hydrogen-bond acceptors (Lipinski definition) is 5. The zero-order chi connectivity index (χ0) is 16.3. The van der Waals surface area contributed by atoms with Crippen LogP contribution >= 0.6 is 0 Å². The average molecular weight is 307 g/mol. The fraction of sp³-hybridized carbons (Fsp3) is 0.688. The van der Waals surface area contributed by atoms with Crippen molar-refractivity contribution in [2.45, 2.75) is 52.1 Å². The minimum Gasteiger partial charge on any atom is -0.467 e. The van der Waals surface area contributed by atoms with E-state index >= 15 is 0 Å². The van der Waals surface area contributed by atoms with Gasteiger partial charge in [-0.1, -0.05) is 0 Å². The van der Waals surface area contributed by atoms with Crippen molar-refractivity contribution in [3.63, 3.8) is 0 Å². The molecule has 2 heterocycles. The van der Waals surface area contributed by atoms with Crippen molar-refractivity contribution in [1.82, 2.24) is 14.9 Å². The molecule has 1 aliphatic rings. The SMILES string of the molecule is COc1ncc(C2CCN(C(=O)OC(C)(C)C)CC2)c(C)n1. The van der Waals surface area contributed by atoms with Crippen LogP contribution in [0.1, 0.15) is 50.8 Å². The lowest BCUT2D eigenvalue weighted by Gasteiger charge is -2.33. The summed E-state index contributed by atoms with van der Waals surface area (Å²) in [6, 6.07) is 0.396. The standard InChI is InChI=1S/C16H25N3O3/c1-11-13(10-17-14(18-11)21-5)12-6-8-19(9-7-12)15(20)22-16(2,3)4/h10,12H,6-9H2,1-5H3. The number of aromatic nitrogens is 2. The van der Waals surface area contributed by atoms with Crippen molar-refractivity contribution in [2.75, 3.05) is 20.2 Å². The molecule has 0 spiro atoms. The Morgan fingerprint density at radius 2 is 1.95 bits per heavy atom. The third kappa shape index (κ3) is 4.08. The van der Waals surface area contributed by atoms with Crippen LogP contribution in [-0.4, -0.2) is 46.8 Å². The maximum atomic E-state index is 12.1. The number of hydrogen-bond donors (Lipinski definition) is 0. The van der Waals surface area contributed by atoms with Crippen LogP contribution in [0.3, 0.4) is 0 Å². The molecule has 0 aliphatic carbocycles. The third-order valence-corrected chi connectivity index (χ3v) is 3.76. The van der Waals surface area contributed by atoms with Crippen LogP contribution in [0.25, 0.3) is 0 Å². The molecule has 0 radical (unpaired) electrons. The maximum Gasteiger partial charge on any atom is 0.410 e.